The van der Waals surface area contributed by atoms with E-state index in [4.69, 9.17) is 15.6 Å². The van der Waals surface area contributed by atoms with Gasteiger partial charge in [0.15, 0.2) is 12.4 Å². The van der Waals surface area contributed by atoms with Crippen LogP contribution in [0.5, 0.6) is 0 Å². The van der Waals surface area contributed by atoms with Crippen LogP contribution in [0, 0.1) is 0 Å². The Labute approximate surface area is 107 Å². The topological polar surface area (TPSA) is 111 Å². The molecule has 2 heterocycles. The van der Waals surface area contributed by atoms with E-state index in [0.717, 1.165) is 4.57 Å². The highest BCUT2D eigenvalue weighted by Crippen LogP contribution is 2.31. The molecule has 1 aromatic rings. The van der Waals surface area contributed by atoms with E-state index in [1.54, 1.807) is 0 Å². The Morgan fingerprint density at radius 1 is 1.68 bits per heavy atom. The first-order valence-corrected chi connectivity index (χ1v) is 5.59. The highest BCUT2D eigenvalue weighted by atomic mass is 19.1. The number of halogens is 1. The molecule has 4 N–H and O–H groups in total. The summed E-state index contributed by atoms with van der Waals surface area (Å²) in [6, 6.07) is 0. The first-order chi connectivity index (χ1) is 8.99. The number of hydrogen-bond acceptors (Lipinski definition) is 6. The maximum atomic E-state index is 13.9. The summed E-state index contributed by atoms with van der Waals surface area (Å²) in [6.45, 7) is 2.94. The van der Waals surface area contributed by atoms with Crippen LogP contribution in [-0.4, -0.2) is 44.8 Å². The predicted octanol–water partition coefficient (Wildman–Crippen LogP) is -0.943. The van der Waals surface area contributed by atoms with E-state index in [2.05, 4.69) is 11.6 Å². The summed E-state index contributed by atoms with van der Waals surface area (Å²) in [5.74, 6) is -0.0242. The summed E-state index contributed by atoms with van der Waals surface area (Å²) in [5.41, 5.74) is 5.04. The summed E-state index contributed by atoms with van der Waals surface area (Å²) in [7, 11) is 0. The van der Waals surface area contributed by atoms with Crippen LogP contribution in [0.2, 0.25) is 0 Å². The fourth-order valence-electron chi connectivity index (χ4n) is 1.91. The van der Waals surface area contributed by atoms with Gasteiger partial charge in [0.25, 0.3) is 0 Å². The molecule has 1 aliphatic rings. The van der Waals surface area contributed by atoms with Gasteiger partial charge in [-0.1, -0.05) is 12.7 Å². The van der Waals surface area contributed by atoms with E-state index in [1.807, 2.05) is 0 Å². The van der Waals surface area contributed by atoms with E-state index in [1.165, 1.54) is 12.3 Å². The summed E-state index contributed by atoms with van der Waals surface area (Å²) in [4.78, 5) is 15.2. The molecule has 7 nitrogen and oxygen atoms in total. The number of nitrogen functional groups attached to an aromatic ring is 1. The number of hydrogen-bond donors (Lipinski definition) is 3. The molecule has 0 bridgehead atoms. The van der Waals surface area contributed by atoms with Crippen LogP contribution in [0.4, 0.5) is 10.2 Å². The zero-order valence-electron chi connectivity index (χ0n) is 9.94. The number of nitrogens with zero attached hydrogens (tertiary/aromatic N) is 2. The second-order valence-electron chi connectivity index (χ2n) is 4.16. The van der Waals surface area contributed by atoms with Crippen molar-refractivity contribution in [2.24, 2.45) is 0 Å². The van der Waals surface area contributed by atoms with Crippen LogP contribution in [0.25, 0.3) is 6.08 Å². The van der Waals surface area contributed by atoms with Crippen molar-refractivity contribution in [1.82, 2.24) is 9.55 Å². The van der Waals surface area contributed by atoms with Crippen molar-refractivity contribution < 1.29 is 19.3 Å². The van der Waals surface area contributed by atoms with Crippen LogP contribution in [0.15, 0.2) is 17.6 Å². The predicted molar refractivity (Wildman–Crippen MR) is 64.9 cm³/mol. The van der Waals surface area contributed by atoms with E-state index in [-0.39, 0.29) is 5.82 Å². The van der Waals surface area contributed by atoms with Crippen LogP contribution < -0.4 is 11.4 Å². The average Bonchev–Trinajstić information content (AvgIpc) is 2.67. The van der Waals surface area contributed by atoms with Gasteiger partial charge >= 0.3 is 5.69 Å². The lowest BCUT2D eigenvalue weighted by atomic mass is 10.1. The molecule has 2 rings (SSSR count). The molecule has 0 saturated carbocycles. The Balaban J connectivity index is 2.43. The highest BCUT2D eigenvalue weighted by Gasteiger charge is 2.45. The van der Waals surface area contributed by atoms with Crippen molar-refractivity contribution in [2.75, 3.05) is 12.3 Å². The van der Waals surface area contributed by atoms with Crippen molar-refractivity contribution in [2.45, 2.75) is 24.6 Å². The van der Waals surface area contributed by atoms with Crippen molar-refractivity contribution in [3.05, 3.63) is 28.8 Å². The first kappa shape index (κ1) is 13.7. The zero-order valence-corrected chi connectivity index (χ0v) is 9.94. The minimum Gasteiger partial charge on any atom is -0.394 e. The number of alkyl halides is 1. The molecule has 0 unspecified atom stereocenters. The van der Waals surface area contributed by atoms with Crippen LogP contribution in [0.3, 0.4) is 0 Å². The number of aliphatic hydroxyl groups is 2. The third kappa shape index (κ3) is 2.25. The number of rotatable bonds is 3. The normalized spacial score (nSPS) is 30.5. The molecule has 104 valence electrons. The van der Waals surface area contributed by atoms with Crippen molar-refractivity contribution >= 4 is 11.9 Å². The second-order valence-corrected chi connectivity index (χ2v) is 4.16. The molecule has 1 aromatic heterocycles. The van der Waals surface area contributed by atoms with Crippen LogP contribution >= 0.6 is 0 Å². The molecular formula is C11H14FN3O4. The molecule has 8 heteroatoms. The molecule has 1 saturated heterocycles. The largest absolute Gasteiger partial charge is 0.394 e. The lowest BCUT2D eigenvalue weighted by molar-refractivity contribution is -0.0491. The number of aliphatic hydroxyl groups excluding tert-OH is 2. The van der Waals surface area contributed by atoms with Gasteiger partial charge in [0.05, 0.1) is 6.61 Å². The summed E-state index contributed by atoms with van der Waals surface area (Å²) < 4.78 is 19.9. The Morgan fingerprint density at radius 2 is 2.37 bits per heavy atom. The lowest BCUT2D eigenvalue weighted by Gasteiger charge is -2.16. The van der Waals surface area contributed by atoms with Gasteiger partial charge in [-0.2, -0.15) is 4.98 Å². The standard InChI is InChI=1S/C11H14FN3O4/c1-2-5-3-15(11(18)14-9(5)13)10-7(12)8(17)6(4-16)19-10/h2-3,6-8,10,16-17H,1,4H2,(H2,13,14,18)/t6-,7+,8-,10-/m1/s1. The fraction of sp³-hybridized carbons (Fsp3) is 0.455. The van der Waals surface area contributed by atoms with Gasteiger partial charge in [0.2, 0.25) is 0 Å². The van der Waals surface area contributed by atoms with Gasteiger partial charge in [0.1, 0.15) is 18.0 Å². The van der Waals surface area contributed by atoms with Gasteiger partial charge < -0.3 is 20.7 Å². The minimum absolute atomic E-state index is 0.0242. The molecule has 0 spiro atoms. The molecule has 0 aromatic carbocycles. The SMILES string of the molecule is C=Cc1cn([C@@H]2O[C@H](CO)[C@@H](O)[C@@H]2F)c(=O)nc1N. The Morgan fingerprint density at radius 3 is 2.89 bits per heavy atom. The third-order valence-corrected chi connectivity index (χ3v) is 2.98. The number of anilines is 1. The molecule has 19 heavy (non-hydrogen) atoms. The maximum absolute atomic E-state index is 13.9. The van der Waals surface area contributed by atoms with Gasteiger partial charge in [-0.25, -0.2) is 9.18 Å². The smallest absolute Gasteiger partial charge is 0.351 e. The van der Waals surface area contributed by atoms with Gasteiger partial charge in [-0.15, -0.1) is 0 Å². The van der Waals surface area contributed by atoms with Crippen molar-refractivity contribution in [1.29, 1.82) is 0 Å². The van der Waals surface area contributed by atoms with Gasteiger partial charge in [-0.05, 0) is 0 Å². The fourth-order valence-corrected chi connectivity index (χ4v) is 1.91. The second kappa shape index (κ2) is 5.08. The first-order valence-electron chi connectivity index (χ1n) is 5.59. The quantitative estimate of drug-likeness (QED) is 0.654. The van der Waals surface area contributed by atoms with E-state index in [9.17, 15) is 14.3 Å². The average molecular weight is 271 g/mol. The number of aromatic nitrogens is 2. The Hall–Kier alpha value is -1.77. The molecule has 1 aliphatic heterocycles. The van der Waals surface area contributed by atoms with Crippen LogP contribution in [0.1, 0.15) is 11.8 Å². The highest BCUT2D eigenvalue weighted by molar-refractivity contribution is 5.57. The molecule has 1 fully saturated rings. The maximum Gasteiger partial charge on any atom is 0.351 e. The van der Waals surface area contributed by atoms with Gasteiger partial charge in [-0.3, -0.25) is 4.57 Å². The third-order valence-electron chi connectivity index (χ3n) is 2.98. The summed E-state index contributed by atoms with van der Waals surface area (Å²) in [5, 5.41) is 18.5. The Bertz CT molecular complexity index is 547. The minimum atomic E-state index is -1.85. The van der Waals surface area contributed by atoms with E-state index < -0.39 is 36.9 Å². The number of nitrogens with two attached hydrogens (primary N) is 1. The van der Waals surface area contributed by atoms with E-state index in [0.29, 0.717) is 5.56 Å². The molecule has 0 aliphatic carbocycles. The van der Waals surface area contributed by atoms with E-state index >= 15 is 0 Å². The van der Waals surface area contributed by atoms with Crippen molar-refractivity contribution in [3.63, 3.8) is 0 Å². The van der Waals surface area contributed by atoms with Crippen LogP contribution in [-0.2, 0) is 4.74 Å². The molecule has 0 amide bonds. The zero-order chi connectivity index (χ0) is 14.2. The molecule has 4 atom stereocenters. The lowest BCUT2D eigenvalue weighted by Crippen LogP contribution is -2.34. The van der Waals surface area contributed by atoms with Gasteiger partial charge in [0, 0.05) is 11.8 Å². The Kier molecular flexibility index (Phi) is 3.65. The van der Waals surface area contributed by atoms with Crippen molar-refractivity contribution in [3.8, 4) is 0 Å². The molecular weight excluding hydrogens is 257 g/mol. The summed E-state index contributed by atoms with van der Waals surface area (Å²) >= 11 is 0. The number of ether oxygens (including phenoxy) is 1. The molecule has 0 radical (unpaired) electrons. The monoisotopic (exact) mass is 271 g/mol. The summed E-state index contributed by atoms with van der Waals surface area (Å²) in [6.07, 6.45) is -3.19.